The van der Waals surface area contributed by atoms with Crippen molar-refractivity contribution in [2.75, 3.05) is 0 Å². The zero-order valence-corrected chi connectivity index (χ0v) is 19.4. The number of allylic oxidation sites excluding steroid dienone is 1. The summed E-state index contributed by atoms with van der Waals surface area (Å²) in [6, 6.07) is 9.59. The SMILES string of the molecule is C=C(CC)CCc1ccc(C2CCC(CCC3CCC(CCC)CC3)CC2)cc1. The summed E-state index contributed by atoms with van der Waals surface area (Å²) in [5.74, 6) is 3.94. The summed E-state index contributed by atoms with van der Waals surface area (Å²) in [6.45, 7) is 8.70. The van der Waals surface area contributed by atoms with Gasteiger partial charge >= 0.3 is 0 Å². The normalized spacial score (nSPS) is 27.7. The van der Waals surface area contributed by atoms with Gasteiger partial charge in [-0.15, -0.1) is 0 Å². The Labute approximate surface area is 181 Å². The van der Waals surface area contributed by atoms with E-state index < -0.39 is 0 Å². The van der Waals surface area contributed by atoms with Gasteiger partial charge in [-0.1, -0.05) is 102 Å². The molecule has 0 spiro atoms. The van der Waals surface area contributed by atoms with Crippen molar-refractivity contribution in [1.29, 1.82) is 0 Å². The van der Waals surface area contributed by atoms with Gasteiger partial charge < -0.3 is 0 Å². The van der Waals surface area contributed by atoms with Crippen molar-refractivity contribution in [3.63, 3.8) is 0 Å². The van der Waals surface area contributed by atoms with Gasteiger partial charge in [-0.05, 0) is 79.7 Å². The van der Waals surface area contributed by atoms with Crippen LogP contribution >= 0.6 is 0 Å². The first-order chi connectivity index (χ1) is 14.2. The molecule has 0 bridgehead atoms. The van der Waals surface area contributed by atoms with Crippen molar-refractivity contribution < 1.29 is 0 Å². The largest absolute Gasteiger partial charge is 0.0999 e. The van der Waals surface area contributed by atoms with Crippen molar-refractivity contribution >= 4 is 0 Å². The fourth-order valence-corrected chi connectivity index (χ4v) is 5.93. The number of rotatable bonds is 10. The van der Waals surface area contributed by atoms with Crippen molar-refractivity contribution in [3.05, 3.63) is 47.5 Å². The molecule has 0 saturated heterocycles. The summed E-state index contributed by atoms with van der Waals surface area (Å²) in [4.78, 5) is 0. The molecule has 2 fully saturated rings. The van der Waals surface area contributed by atoms with E-state index in [1.165, 1.54) is 88.2 Å². The molecule has 2 saturated carbocycles. The van der Waals surface area contributed by atoms with Crippen molar-refractivity contribution in [2.45, 2.75) is 116 Å². The molecule has 1 aromatic rings. The Morgan fingerprint density at radius 2 is 1.28 bits per heavy atom. The van der Waals surface area contributed by atoms with Gasteiger partial charge in [-0.3, -0.25) is 0 Å². The van der Waals surface area contributed by atoms with E-state index in [0.717, 1.165) is 42.9 Å². The third kappa shape index (κ3) is 7.30. The first-order valence-corrected chi connectivity index (χ1v) is 12.9. The molecule has 0 amide bonds. The van der Waals surface area contributed by atoms with E-state index >= 15 is 0 Å². The van der Waals surface area contributed by atoms with Crippen LogP contribution in [0.4, 0.5) is 0 Å². The first kappa shape index (κ1) is 22.6. The predicted octanol–water partition coefficient (Wildman–Crippen LogP) is 9.25. The standard InChI is InChI=1S/C29H46/c1-4-6-24-9-11-26(12-10-24)13-14-27-17-21-29(22-18-27)28-19-15-25(16-20-28)8-7-23(3)5-2/h15-16,19-20,24,26-27,29H,3-14,17-18,21-22H2,1-2H3. The van der Waals surface area contributed by atoms with E-state index in [2.05, 4.69) is 44.7 Å². The minimum atomic E-state index is 0.815. The van der Waals surface area contributed by atoms with Crippen LogP contribution in [-0.2, 0) is 6.42 Å². The minimum Gasteiger partial charge on any atom is -0.0999 e. The van der Waals surface area contributed by atoms with Crippen molar-refractivity contribution in [2.24, 2.45) is 17.8 Å². The van der Waals surface area contributed by atoms with Gasteiger partial charge in [0.2, 0.25) is 0 Å². The van der Waals surface area contributed by atoms with Gasteiger partial charge in [0.05, 0.1) is 0 Å². The Hall–Kier alpha value is -1.04. The summed E-state index contributed by atoms with van der Waals surface area (Å²) in [7, 11) is 0. The van der Waals surface area contributed by atoms with Crippen molar-refractivity contribution in [3.8, 4) is 0 Å². The molecular formula is C29H46. The fraction of sp³-hybridized carbons (Fsp3) is 0.724. The third-order valence-electron chi connectivity index (χ3n) is 8.21. The Morgan fingerprint density at radius 3 is 1.79 bits per heavy atom. The number of hydrogen-bond acceptors (Lipinski definition) is 0. The van der Waals surface area contributed by atoms with E-state index in [4.69, 9.17) is 0 Å². The van der Waals surface area contributed by atoms with Gasteiger partial charge in [-0.2, -0.15) is 0 Å². The lowest BCUT2D eigenvalue weighted by Crippen LogP contribution is -2.17. The molecule has 0 unspecified atom stereocenters. The highest BCUT2D eigenvalue weighted by atomic mass is 14.3. The molecule has 2 aliphatic carbocycles. The van der Waals surface area contributed by atoms with E-state index in [1.807, 2.05) is 0 Å². The quantitative estimate of drug-likeness (QED) is 0.347. The molecular weight excluding hydrogens is 348 g/mol. The second-order valence-electron chi connectivity index (χ2n) is 10.3. The molecule has 0 radical (unpaired) electrons. The lowest BCUT2D eigenvalue weighted by molar-refractivity contribution is 0.224. The Morgan fingerprint density at radius 1 is 0.759 bits per heavy atom. The Balaban J connectivity index is 1.34. The van der Waals surface area contributed by atoms with Crippen LogP contribution in [-0.4, -0.2) is 0 Å². The molecule has 29 heavy (non-hydrogen) atoms. The minimum absolute atomic E-state index is 0.815. The smallest absolute Gasteiger partial charge is 0.0162 e. The molecule has 0 nitrogen and oxygen atoms in total. The molecule has 1 aromatic carbocycles. The van der Waals surface area contributed by atoms with Gasteiger partial charge in [0.15, 0.2) is 0 Å². The lowest BCUT2D eigenvalue weighted by Gasteiger charge is -2.32. The second kappa shape index (κ2) is 12.0. The van der Waals surface area contributed by atoms with Gasteiger partial charge in [0, 0.05) is 0 Å². The van der Waals surface area contributed by atoms with Crippen LogP contribution in [0.3, 0.4) is 0 Å². The number of aryl methyl sites for hydroxylation is 1. The zero-order valence-electron chi connectivity index (χ0n) is 19.4. The number of hydrogen-bond donors (Lipinski definition) is 0. The molecule has 3 rings (SSSR count). The van der Waals surface area contributed by atoms with Crippen LogP contribution in [0.25, 0.3) is 0 Å². The predicted molar refractivity (Wildman–Crippen MR) is 128 cm³/mol. The highest BCUT2D eigenvalue weighted by Crippen LogP contribution is 2.40. The molecule has 2 aliphatic rings. The molecule has 0 N–H and O–H groups in total. The lowest BCUT2D eigenvalue weighted by atomic mass is 9.74. The molecule has 0 aliphatic heterocycles. The average molecular weight is 395 g/mol. The summed E-state index contributed by atoms with van der Waals surface area (Å²) >= 11 is 0. The van der Waals surface area contributed by atoms with E-state index in [0.29, 0.717) is 0 Å². The van der Waals surface area contributed by atoms with Gasteiger partial charge in [-0.25, -0.2) is 0 Å². The summed E-state index contributed by atoms with van der Waals surface area (Å²) in [5.41, 5.74) is 4.45. The summed E-state index contributed by atoms with van der Waals surface area (Å²) in [6.07, 6.45) is 21.2. The average Bonchev–Trinajstić information content (AvgIpc) is 2.78. The maximum atomic E-state index is 4.14. The highest BCUT2D eigenvalue weighted by Gasteiger charge is 2.25. The van der Waals surface area contributed by atoms with E-state index in [1.54, 1.807) is 5.56 Å². The monoisotopic (exact) mass is 394 g/mol. The van der Waals surface area contributed by atoms with Crippen LogP contribution in [0.5, 0.6) is 0 Å². The third-order valence-corrected chi connectivity index (χ3v) is 8.21. The second-order valence-corrected chi connectivity index (χ2v) is 10.3. The first-order valence-electron chi connectivity index (χ1n) is 12.9. The molecule has 0 heteroatoms. The zero-order chi connectivity index (χ0) is 20.5. The highest BCUT2D eigenvalue weighted by molar-refractivity contribution is 5.26. The summed E-state index contributed by atoms with van der Waals surface area (Å²) in [5, 5.41) is 0. The Bertz CT molecular complexity index is 579. The van der Waals surface area contributed by atoms with Crippen molar-refractivity contribution in [1.82, 2.24) is 0 Å². The van der Waals surface area contributed by atoms with Gasteiger partial charge in [0.1, 0.15) is 0 Å². The van der Waals surface area contributed by atoms with Crippen LogP contribution in [0, 0.1) is 17.8 Å². The topological polar surface area (TPSA) is 0 Å². The fourth-order valence-electron chi connectivity index (χ4n) is 5.93. The maximum absolute atomic E-state index is 4.14. The number of benzene rings is 1. The molecule has 162 valence electrons. The van der Waals surface area contributed by atoms with Crippen LogP contribution < -0.4 is 0 Å². The molecule has 0 heterocycles. The van der Waals surface area contributed by atoms with Crippen LogP contribution in [0.15, 0.2) is 36.4 Å². The maximum Gasteiger partial charge on any atom is -0.0162 e. The van der Waals surface area contributed by atoms with Crippen LogP contribution in [0.1, 0.15) is 121 Å². The molecule has 0 aromatic heterocycles. The van der Waals surface area contributed by atoms with E-state index in [9.17, 15) is 0 Å². The van der Waals surface area contributed by atoms with E-state index in [-0.39, 0.29) is 0 Å². The Kier molecular flexibility index (Phi) is 9.35. The van der Waals surface area contributed by atoms with Gasteiger partial charge in [0.25, 0.3) is 0 Å². The summed E-state index contributed by atoms with van der Waals surface area (Å²) < 4.78 is 0. The van der Waals surface area contributed by atoms with Crippen LogP contribution in [0.2, 0.25) is 0 Å². The molecule has 0 atom stereocenters.